The van der Waals surface area contributed by atoms with Gasteiger partial charge < -0.3 is 19.5 Å². The molecule has 1 fully saturated rings. The molecule has 26 heavy (non-hydrogen) atoms. The lowest BCUT2D eigenvalue weighted by molar-refractivity contribution is -0.123. The Hall–Kier alpha value is -2.53. The van der Waals surface area contributed by atoms with E-state index >= 15 is 0 Å². The van der Waals surface area contributed by atoms with Gasteiger partial charge in [0.05, 0.1) is 7.11 Å². The maximum atomic E-state index is 12.3. The van der Waals surface area contributed by atoms with E-state index in [0.29, 0.717) is 25.5 Å². The lowest BCUT2D eigenvalue weighted by Gasteiger charge is -2.38. The van der Waals surface area contributed by atoms with E-state index in [1.165, 1.54) is 0 Å². The fraction of sp³-hybridized carbons (Fsp3) is 0.381. The van der Waals surface area contributed by atoms with Crippen LogP contribution in [-0.4, -0.2) is 39.4 Å². The number of carbonyl (C=O) groups is 1. The third kappa shape index (κ3) is 4.35. The van der Waals surface area contributed by atoms with Crippen molar-refractivity contribution in [3.05, 3.63) is 60.2 Å². The van der Waals surface area contributed by atoms with Crippen LogP contribution >= 0.6 is 0 Å². The van der Waals surface area contributed by atoms with Crippen LogP contribution in [-0.2, 0) is 14.9 Å². The fourth-order valence-corrected chi connectivity index (χ4v) is 3.37. The maximum Gasteiger partial charge on any atom is 0.257 e. The molecule has 3 rings (SSSR count). The Morgan fingerprint density at radius 1 is 1.08 bits per heavy atom. The van der Waals surface area contributed by atoms with Gasteiger partial charge in [-0.1, -0.05) is 36.4 Å². The second kappa shape index (κ2) is 8.72. The van der Waals surface area contributed by atoms with Crippen LogP contribution in [0.5, 0.6) is 11.5 Å². The number of hydrogen-bond acceptors (Lipinski definition) is 4. The summed E-state index contributed by atoms with van der Waals surface area (Å²) in [5.41, 5.74) is 0.933. The third-order valence-electron chi connectivity index (χ3n) is 4.87. The number of benzene rings is 2. The van der Waals surface area contributed by atoms with Gasteiger partial charge in [0.25, 0.3) is 5.91 Å². The van der Waals surface area contributed by atoms with Crippen molar-refractivity contribution in [2.45, 2.75) is 18.3 Å². The van der Waals surface area contributed by atoms with Gasteiger partial charge in [-0.3, -0.25) is 4.79 Å². The molecule has 0 atom stereocenters. The Balaban J connectivity index is 1.66. The molecule has 0 aromatic heterocycles. The summed E-state index contributed by atoms with van der Waals surface area (Å²) in [5.74, 6) is 1.41. The minimum Gasteiger partial charge on any atom is -0.496 e. The lowest BCUT2D eigenvalue weighted by atomic mass is 9.73. The summed E-state index contributed by atoms with van der Waals surface area (Å²) in [7, 11) is 1.68. The van der Waals surface area contributed by atoms with Crippen LogP contribution in [0.4, 0.5) is 0 Å². The molecule has 0 radical (unpaired) electrons. The van der Waals surface area contributed by atoms with Gasteiger partial charge in [0.15, 0.2) is 6.61 Å². The van der Waals surface area contributed by atoms with Crippen molar-refractivity contribution >= 4 is 5.91 Å². The Morgan fingerprint density at radius 3 is 2.50 bits per heavy atom. The Kier molecular flexibility index (Phi) is 6.12. The number of rotatable bonds is 7. The average molecular weight is 355 g/mol. The summed E-state index contributed by atoms with van der Waals surface area (Å²) >= 11 is 0. The minimum absolute atomic E-state index is 0.00250. The zero-order chi connectivity index (χ0) is 18.2. The number of methoxy groups -OCH3 is 1. The minimum atomic E-state index is -0.187. The molecule has 1 aliphatic rings. The summed E-state index contributed by atoms with van der Waals surface area (Å²) in [5, 5.41) is 3.04. The largest absolute Gasteiger partial charge is 0.496 e. The van der Waals surface area contributed by atoms with Crippen LogP contribution in [0.1, 0.15) is 18.4 Å². The molecule has 2 aromatic rings. The summed E-state index contributed by atoms with van der Waals surface area (Å²) in [6.45, 7) is 1.89. The van der Waals surface area contributed by atoms with Gasteiger partial charge >= 0.3 is 0 Å². The molecule has 138 valence electrons. The van der Waals surface area contributed by atoms with Gasteiger partial charge in [-0.25, -0.2) is 0 Å². The van der Waals surface area contributed by atoms with E-state index in [0.717, 1.165) is 24.2 Å². The molecule has 0 saturated carbocycles. The molecule has 1 heterocycles. The average Bonchev–Trinajstić information content (AvgIpc) is 2.72. The molecule has 0 aliphatic carbocycles. The zero-order valence-corrected chi connectivity index (χ0v) is 15.1. The SMILES string of the molecule is COc1ccccc1C1(CNC(=O)COc2ccccc2)CCOCC1. The number of hydrogen-bond donors (Lipinski definition) is 1. The molecule has 0 spiro atoms. The second-order valence-electron chi connectivity index (χ2n) is 6.47. The summed E-state index contributed by atoms with van der Waals surface area (Å²) < 4.78 is 16.6. The van der Waals surface area contributed by atoms with Gasteiger partial charge in [-0.05, 0) is 31.0 Å². The van der Waals surface area contributed by atoms with E-state index in [1.54, 1.807) is 7.11 Å². The van der Waals surface area contributed by atoms with Crippen molar-refractivity contribution in [2.75, 3.05) is 33.5 Å². The van der Waals surface area contributed by atoms with Crippen molar-refractivity contribution in [1.29, 1.82) is 0 Å². The topological polar surface area (TPSA) is 56.8 Å². The van der Waals surface area contributed by atoms with Crippen molar-refractivity contribution in [3.63, 3.8) is 0 Å². The predicted octanol–water partition coefficient (Wildman–Crippen LogP) is 2.94. The third-order valence-corrected chi connectivity index (χ3v) is 4.87. The zero-order valence-electron chi connectivity index (χ0n) is 15.1. The van der Waals surface area contributed by atoms with Crippen LogP contribution in [0.25, 0.3) is 0 Å². The number of carbonyl (C=O) groups excluding carboxylic acids is 1. The first-order valence-corrected chi connectivity index (χ1v) is 8.89. The Bertz CT molecular complexity index is 711. The molecule has 1 amide bonds. The first-order valence-electron chi connectivity index (χ1n) is 8.89. The molecular weight excluding hydrogens is 330 g/mol. The molecule has 0 bridgehead atoms. The van der Waals surface area contributed by atoms with Crippen LogP contribution in [0.2, 0.25) is 0 Å². The van der Waals surface area contributed by atoms with E-state index in [9.17, 15) is 4.79 Å². The maximum absolute atomic E-state index is 12.3. The van der Waals surface area contributed by atoms with Gasteiger partial charge in [0.2, 0.25) is 0 Å². The van der Waals surface area contributed by atoms with Gasteiger partial charge in [-0.2, -0.15) is 0 Å². The van der Waals surface area contributed by atoms with Gasteiger partial charge in [0.1, 0.15) is 11.5 Å². The molecular formula is C21H25NO4. The second-order valence-corrected chi connectivity index (χ2v) is 6.47. The van der Waals surface area contributed by atoms with Crippen LogP contribution < -0.4 is 14.8 Å². The van der Waals surface area contributed by atoms with E-state index in [-0.39, 0.29) is 17.9 Å². The number of amides is 1. The standard InChI is InChI=1S/C21H25NO4/c1-24-19-10-6-5-9-18(19)21(11-13-25-14-12-21)16-22-20(23)15-26-17-7-3-2-4-8-17/h2-10H,11-16H2,1H3,(H,22,23). The molecule has 5 heteroatoms. The van der Waals surface area contributed by atoms with Crippen molar-refractivity contribution < 1.29 is 19.0 Å². The fourth-order valence-electron chi connectivity index (χ4n) is 3.37. The van der Waals surface area contributed by atoms with E-state index in [1.807, 2.05) is 48.5 Å². The van der Waals surface area contributed by atoms with Crippen molar-refractivity contribution in [1.82, 2.24) is 5.32 Å². The monoisotopic (exact) mass is 355 g/mol. The highest BCUT2D eigenvalue weighted by Crippen LogP contribution is 2.39. The first-order chi connectivity index (χ1) is 12.7. The quantitative estimate of drug-likeness (QED) is 0.830. The Labute approximate surface area is 154 Å². The first kappa shape index (κ1) is 18.3. The van der Waals surface area contributed by atoms with Gasteiger partial charge in [-0.15, -0.1) is 0 Å². The molecule has 1 aliphatic heterocycles. The predicted molar refractivity (Wildman–Crippen MR) is 99.7 cm³/mol. The van der Waals surface area contributed by atoms with E-state index < -0.39 is 0 Å². The number of ether oxygens (including phenoxy) is 3. The van der Waals surface area contributed by atoms with E-state index in [4.69, 9.17) is 14.2 Å². The highest BCUT2D eigenvalue weighted by molar-refractivity contribution is 5.77. The lowest BCUT2D eigenvalue weighted by Crippen LogP contribution is -2.45. The molecule has 2 aromatic carbocycles. The van der Waals surface area contributed by atoms with Gasteiger partial charge in [0, 0.05) is 30.7 Å². The van der Waals surface area contributed by atoms with Crippen LogP contribution in [0, 0.1) is 0 Å². The number of para-hydroxylation sites is 2. The normalized spacial score (nSPS) is 15.9. The number of nitrogens with one attached hydrogen (secondary N) is 1. The summed E-state index contributed by atoms with van der Waals surface area (Å²) in [6.07, 6.45) is 1.68. The molecule has 0 unspecified atom stereocenters. The molecule has 5 nitrogen and oxygen atoms in total. The van der Waals surface area contributed by atoms with Crippen LogP contribution in [0.15, 0.2) is 54.6 Å². The van der Waals surface area contributed by atoms with Crippen molar-refractivity contribution in [3.8, 4) is 11.5 Å². The summed E-state index contributed by atoms with van der Waals surface area (Å²) in [6, 6.07) is 17.4. The smallest absolute Gasteiger partial charge is 0.257 e. The summed E-state index contributed by atoms with van der Waals surface area (Å²) in [4.78, 5) is 12.3. The molecule has 1 saturated heterocycles. The van der Waals surface area contributed by atoms with Crippen LogP contribution in [0.3, 0.4) is 0 Å². The highest BCUT2D eigenvalue weighted by Gasteiger charge is 2.37. The van der Waals surface area contributed by atoms with E-state index in [2.05, 4.69) is 11.4 Å². The Morgan fingerprint density at radius 2 is 1.77 bits per heavy atom. The van der Waals surface area contributed by atoms with Crippen molar-refractivity contribution in [2.24, 2.45) is 0 Å². The highest BCUT2D eigenvalue weighted by atomic mass is 16.5. The molecule has 1 N–H and O–H groups in total.